The predicted molar refractivity (Wildman–Crippen MR) is 123 cm³/mol. The summed E-state index contributed by atoms with van der Waals surface area (Å²) in [5, 5.41) is 0.975. The van der Waals surface area contributed by atoms with Gasteiger partial charge in [0, 0.05) is 5.03 Å². The molecule has 0 saturated heterocycles. The van der Waals surface area contributed by atoms with E-state index in [2.05, 4.69) is 61.6 Å². The maximum atomic E-state index is 6.09. The van der Waals surface area contributed by atoms with Crippen molar-refractivity contribution in [3.8, 4) is 0 Å². The van der Waals surface area contributed by atoms with Crippen molar-refractivity contribution in [2.75, 3.05) is 0 Å². The summed E-state index contributed by atoms with van der Waals surface area (Å²) >= 11 is 6.09. The minimum Gasteiger partial charge on any atom is -0.0891 e. The molecule has 0 bridgehead atoms. The van der Waals surface area contributed by atoms with Crippen molar-refractivity contribution in [1.82, 2.24) is 0 Å². The Morgan fingerprint density at radius 1 is 0.929 bits per heavy atom. The molecule has 1 saturated carbocycles. The number of benzene rings is 1. The van der Waals surface area contributed by atoms with Crippen molar-refractivity contribution in [1.29, 1.82) is 0 Å². The molecular formula is C27H33Cl. The van der Waals surface area contributed by atoms with E-state index in [4.69, 9.17) is 11.6 Å². The summed E-state index contributed by atoms with van der Waals surface area (Å²) in [4.78, 5) is 0. The second kappa shape index (κ2) is 9.31. The Kier molecular flexibility index (Phi) is 6.58. The molecule has 1 aromatic carbocycles. The molecule has 0 unspecified atom stereocenters. The van der Waals surface area contributed by atoms with Crippen LogP contribution in [0.4, 0.5) is 0 Å². The minimum absolute atomic E-state index is 0.757. The molecule has 1 aromatic rings. The second-order valence-electron chi connectivity index (χ2n) is 8.99. The molecule has 1 fully saturated rings. The lowest BCUT2D eigenvalue weighted by Crippen LogP contribution is -2.16. The van der Waals surface area contributed by atoms with Crippen LogP contribution >= 0.6 is 11.6 Å². The Bertz CT molecular complexity index is 782. The first kappa shape index (κ1) is 19.8. The number of halogens is 1. The van der Waals surface area contributed by atoms with E-state index in [1.165, 1.54) is 56.1 Å². The predicted octanol–water partition coefficient (Wildman–Crippen LogP) is 8.56. The molecule has 0 aliphatic heterocycles. The van der Waals surface area contributed by atoms with Crippen molar-refractivity contribution >= 4 is 17.2 Å². The molecule has 0 spiro atoms. The van der Waals surface area contributed by atoms with Crippen LogP contribution in [0.25, 0.3) is 5.57 Å². The van der Waals surface area contributed by atoms with Crippen LogP contribution in [0, 0.1) is 11.8 Å². The molecule has 148 valence electrons. The molecule has 0 radical (unpaired) electrons. The zero-order valence-electron chi connectivity index (χ0n) is 17.2. The van der Waals surface area contributed by atoms with Crippen LogP contribution in [0.5, 0.6) is 0 Å². The Hall–Kier alpha value is -1.53. The summed E-state index contributed by atoms with van der Waals surface area (Å²) in [5.41, 5.74) is 6.00. The van der Waals surface area contributed by atoms with Crippen LogP contribution in [0.15, 0.2) is 65.3 Å². The zero-order valence-corrected chi connectivity index (χ0v) is 17.9. The van der Waals surface area contributed by atoms with Gasteiger partial charge in [0.15, 0.2) is 0 Å². The molecule has 0 amide bonds. The van der Waals surface area contributed by atoms with E-state index in [1.807, 2.05) is 0 Å². The highest BCUT2D eigenvalue weighted by Crippen LogP contribution is 2.40. The lowest BCUT2D eigenvalue weighted by molar-refractivity contribution is 0.286. The Balaban J connectivity index is 1.30. The third kappa shape index (κ3) is 4.90. The van der Waals surface area contributed by atoms with Gasteiger partial charge in [-0.15, -0.1) is 0 Å². The molecular weight excluding hydrogens is 360 g/mol. The highest BCUT2D eigenvalue weighted by atomic mass is 35.5. The van der Waals surface area contributed by atoms with Crippen molar-refractivity contribution in [2.24, 2.45) is 11.8 Å². The van der Waals surface area contributed by atoms with E-state index in [9.17, 15) is 0 Å². The SMILES string of the molecule is C[C@H](CC1CCC(c2ccc(C3=CC=C(Cl)CC3)cc2)CC1)C1=CC=CCC1. The fourth-order valence-electron chi connectivity index (χ4n) is 5.24. The fourth-order valence-corrected chi connectivity index (χ4v) is 5.39. The maximum Gasteiger partial charge on any atom is 0.0184 e. The van der Waals surface area contributed by atoms with E-state index < -0.39 is 0 Å². The van der Waals surface area contributed by atoms with Gasteiger partial charge in [0.2, 0.25) is 0 Å². The molecule has 28 heavy (non-hydrogen) atoms. The third-order valence-electron chi connectivity index (χ3n) is 7.06. The molecule has 0 heterocycles. The monoisotopic (exact) mass is 392 g/mol. The molecule has 3 aliphatic rings. The largest absolute Gasteiger partial charge is 0.0891 e. The van der Waals surface area contributed by atoms with Crippen LogP contribution in [0.1, 0.15) is 81.8 Å². The summed E-state index contributed by atoms with van der Waals surface area (Å²) in [7, 11) is 0. The van der Waals surface area contributed by atoms with Gasteiger partial charge in [-0.1, -0.05) is 72.7 Å². The quantitative estimate of drug-likeness (QED) is 0.470. The molecule has 4 rings (SSSR count). The van der Waals surface area contributed by atoms with E-state index in [0.29, 0.717) is 0 Å². The van der Waals surface area contributed by atoms with E-state index in [-0.39, 0.29) is 0 Å². The molecule has 0 nitrogen and oxygen atoms in total. The maximum absolute atomic E-state index is 6.09. The standard InChI is InChI=1S/C27H33Cl/c1-20(22-5-3-2-4-6-22)19-21-7-9-23(10-8-21)24-11-13-25(14-12-24)26-15-17-27(28)18-16-26/h2-3,5,11-15,17,20-21,23H,4,6-10,16,18-19H2,1H3/t20-,21?,23?/m1/s1. The zero-order chi connectivity index (χ0) is 19.3. The van der Waals surface area contributed by atoms with Crippen LogP contribution < -0.4 is 0 Å². The van der Waals surface area contributed by atoms with E-state index in [0.717, 1.165) is 35.6 Å². The first-order chi connectivity index (χ1) is 13.7. The summed E-state index contributed by atoms with van der Waals surface area (Å²) in [5.74, 6) is 2.44. The van der Waals surface area contributed by atoms with Gasteiger partial charge in [-0.2, -0.15) is 0 Å². The van der Waals surface area contributed by atoms with Crippen LogP contribution in [-0.2, 0) is 0 Å². The Labute approximate surface area is 176 Å². The first-order valence-electron chi connectivity index (χ1n) is 11.2. The third-order valence-corrected chi connectivity index (χ3v) is 7.38. The van der Waals surface area contributed by atoms with Crippen molar-refractivity contribution in [2.45, 2.75) is 70.6 Å². The number of hydrogen-bond donors (Lipinski definition) is 0. The topological polar surface area (TPSA) is 0 Å². The lowest BCUT2D eigenvalue weighted by Gasteiger charge is -2.31. The molecule has 3 aliphatic carbocycles. The molecule has 0 N–H and O–H groups in total. The van der Waals surface area contributed by atoms with Crippen LogP contribution in [0.3, 0.4) is 0 Å². The second-order valence-corrected chi connectivity index (χ2v) is 9.48. The van der Waals surface area contributed by atoms with Gasteiger partial charge in [-0.05, 0) is 98.3 Å². The van der Waals surface area contributed by atoms with Crippen LogP contribution in [0.2, 0.25) is 0 Å². The number of allylic oxidation sites excluding steroid dienone is 8. The average Bonchev–Trinajstić information content (AvgIpc) is 2.76. The van der Waals surface area contributed by atoms with Gasteiger partial charge in [0.25, 0.3) is 0 Å². The van der Waals surface area contributed by atoms with E-state index >= 15 is 0 Å². The molecule has 1 atom stereocenters. The molecule has 0 aromatic heterocycles. The van der Waals surface area contributed by atoms with Gasteiger partial charge in [-0.25, -0.2) is 0 Å². The summed E-state index contributed by atoms with van der Waals surface area (Å²) in [6.45, 7) is 2.44. The van der Waals surface area contributed by atoms with Crippen molar-refractivity contribution < 1.29 is 0 Å². The highest BCUT2D eigenvalue weighted by Gasteiger charge is 2.24. The average molecular weight is 393 g/mol. The smallest absolute Gasteiger partial charge is 0.0184 e. The van der Waals surface area contributed by atoms with Gasteiger partial charge in [0.1, 0.15) is 0 Å². The Morgan fingerprint density at radius 3 is 2.36 bits per heavy atom. The first-order valence-corrected chi connectivity index (χ1v) is 11.6. The fraction of sp³-hybridized carbons (Fsp3) is 0.481. The van der Waals surface area contributed by atoms with Gasteiger partial charge in [-0.3, -0.25) is 0 Å². The summed E-state index contributed by atoms with van der Waals surface area (Å²) in [6, 6.07) is 9.41. The van der Waals surface area contributed by atoms with Gasteiger partial charge in [0.05, 0.1) is 0 Å². The highest BCUT2D eigenvalue weighted by molar-refractivity contribution is 6.29. The van der Waals surface area contributed by atoms with E-state index in [1.54, 1.807) is 11.1 Å². The van der Waals surface area contributed by atoms with Crippen LogP contribution in [-0.4, -0.2) is 0 Å². The van der Waals surface area contributed by atoms with Gasteiger partial charge < -0.3 is 0 Å². The number of rotatable bonds is 5. The van der Waals surface area contributed by atoms with Crippen molar-refractivity contribution in [3.63, 3.8) is 0 Å². The summed E-state index contributed by atoms with van der Waals surface area (Å²) in [6.07, 6.45) is 22.6. The lowest BCUT2D eigenvalue weighted by atomic mass is 9.74. The number of hydrogen-bond acceptors (Lipinski definition) is 0. The van der Waals surface area contributed by atoms with Crippen molar-refractivity contribution in [3.05, 3.63) is 76.4 Å². The normalized spacial score (nSPS) is 26.3. The summed E-state index contributed by atoms with van der Waals surface area (Å²) < 4.78 is 0. The minimum atomic E-state index is 0.757. The Morgan fingerprint density at radius 2 is 1.71 bits per heavy atom. The molecule has 1 heteroatoms. The van der Waals surface area contributed by atoms with Gasteiger partial charge >= 0.3 is 0 Å².